The largest absolute Gasteiger partial charge is 0.396 e. The molecule has 0 unspecified atom stereocenters. The Morgan fingerprint density at radius 1 is 1.44 bits per heavy atom. The van der Waals surface area contributed by atoms with Crippen molar-refractivity contribution in [1.29, 1.82) is 0 Å². The highest BCUT2D eigenvalue weighted by Gasteiger charge is 2.07. The number of halogens is 2. The summed E-state index contributed by atoms with van der Waals surface area (Å²) in [4.78, 5) is 19.1. The fourth-order valence-electron chi connectivity index (χ4n) is 1.25. The van der Waals surface area contributed by atoms with Crippen molar-refractivity contribution in [2.45, 2.75) is 6.54 Å². The van der Waals surface area contributed by atoms with Crippen LogP contribution >= 0.6 is 23.2 Å². The maximum atomic E-state index is 11.7. The van der Waals surface area contributed by atoms with E-state index in [4.69, 9.17) is 28.9 Å². The molecule has 2 rings (SSSR count). The third kappa shape index (κ3) is 3.31. The molecular weight excluding hydrogens is 279 g/mol. The third-order valence-corrected chi connectivity index (χ3v) is 2.26. The van der Waals surface area contributed by atoms with Crippen molar-refractivity contribution in [2.24, 2.45) is 0 Å². The second-order valence-electron chi connectivity index (χ2n) is 3.36. The van der Waals surface area contributed by atoms with E-state index >= 15 is 0 Å². The minimum atomic E-state index is -0.330. The maximum absolute atomic E-state index is 11.7. The van der Waals surface area contributed by atoms with Crippen LogP contribution in [0.2, 0.25) is 10.4 Å². The van der Waals surface area contributed by atoms with Crippen LogP contribution in [-0.2, 0) is 11.3 Å². The molecule has 3 N–H and O–H groups in total. The molecule has 0 aliphatic carbocycles. The minimum absolute atomic E-state index is 0.0104. The van der Waals surface area contributed by atoms with E-state index in [0.717, 1.165) is 0 Å². The normalized spacial score (nSPS) is 10.3. The zero-order valence-electron chi connectivity index (χ0n) is 8.97. The number of carbonyl (C=O) groups is 1. The van der Waals surface area contributed by atoms with Crippen molar-refractivity contribution >= 4 is 40.6 Å². The summed E-state index contributed by atoms with van der Waals surface area (Å²) in [6, 6.07) is 1.39. The first-order valence-corrected chi connectivity index (χ1v) is 5.56. The Kier molecular flexibility index (Phi) is 3.63. The van der Waals surface area contributed by atoms with Gasteiger partial charge in [0.15, 0.2) is 0 Å². The Morgan fingerprint density at radius 3 is 2.83 bits per heavy atom. The van der Waals surface area contributed by atoms with Gasteiger partial charge in [-0.2, -0.15) is 5.10 Å². The monoisotopic (exact) mass is 286 g/mol. The van der Waals surface area contributed by atoms with Gasteiger partial charge in [-0.15, -0.1) is 0 Å². The van der Waals surface area contributed by atoms with E-state index in [1.54, 1.807) is 6.20 Å². The summed E-state index contributed by atoms with van der Waals surface area (Å²) in [6.45, 7) is 0.0104. The van der Waals surface area contributed by atoms with Gasteiger partial charge in [0.1, 0.15) is 17.5 Å². The standard InChI is InChI=1S/C9H8Cl2N6O/c10-6-1-7(16-9(11)14-6)15-8(18)4-17-3-5(12)2-13-17/h1-3H,4,12H2,(H,14,15,16,18). The predicted molar refractivity (Wildman–Crippen MR) is 67.3 cm³/mol. The summed E-state index contributed by atoms with van der Waals surface area (Å²) in [5.74, 6) is -0.103. The van der Waals surface area contributed by atoms with Crippen LogP contribution in [0.1, 0.15) is 0 Å². The van der Waals surface area contributed by atoms with E-state index in [-0.39, 0.29) is 28.7 Å². The second-order valence-corrected chi connectivity index (χ2v) is 4.09. The number of hydrogen-bond donors (Lipinski definition) is 2. The highest BCUT2D eigenvalue weighted by Crippen LogP contribution is 2.14. The van der Waals surface area contributed by atoms with Crippen LogP contribution in [0.4, 0.5) is 11.5 Å². The van der Waals surface area contributed by atoms with E-state index in [1.165, 1.54) is 16.9 Å². The van der Waals surface area contributed by atoms with Crippen molar-refractivity contribution in [3.63, 3.8) is 0 Å². The molecule has 2 heterocycles. The summed E-state index contributed by atoms with van der Waals surface area (Å²) in [6.07, 6.45) is 2.99. The molecule has 0 saturated carbocycles. The van der Waals surface area contributed by atoms with Gasteiger partial charge < -0.3 is 11.1 Å². The van der Waals surface area contributed by atoms with Gasteiger partial charge in [-0.25, -0.2) is 9.97 Å². The van der Waals surface area contributed by atoms with Gasteiger partial charge in [0, 0.05) is 12.3 Å². The number of hydrogen-bond acceptors (Lipinski definition) is 5. The smallest absolute Gasteiger partial charge is 0.247 e. The zero-order valence-corrected chi connectivity index (χ0v) is 10.5. The van der Waals surface area contributed by atoms with Crippen LogP contribution in [0, 0.1) is 0 Å². The molecule has 0 bridgehead atoms. The first kappa shape index (κ1) is 12.6. The molecule has 1 amide bonds. The number of nitrogen functional groups attached to an aromatic ring is 1. The fourth-order valence-corrected chi connectivity index (χ4v) is 1.66. The number of anilines is 2. The summed E-state index contributed by atoms with van der Waals surface area (Å²) in [5.41, 5.74) is 5.96. The van der Waals surface area contributed by atoms with E-state index in [2.05, 4.69) is 20.4 Å². The van der Waals surface area contributed by atoms with Crippen molar-refractivity contribution in [2.75, 3.05) is 11.1 Å². The van der Waals surface area contributed by atoms with Gasteiger partial charge in [0.05, 0.1) is 11.9 Å². The van der Waals surface area contributed by atoms with Gasteiger partial charge in [0.2, 0.25) is 11.2 Å². The number of aromatic nitrogens is 4. The lowest BCUT2D eigenvalue weighted by Gasteiger charge is -2.04. The minimum Gasteiger partial charge on any atom is -0.396 e. The van der Waals surface area contributed by atoms with Crippen LogP contribution in [0.5, 0.6) is 0 Å². The average molecular weight is 287 g/mol. The molecule has 0 fully saturated rings. The summed E-state index contributed by atoms with van der Waals surface area (Å²) >= 11 is 11.3. The van der Waals surface area contributed by atoms with Crippen molar-refractivity contribution < 1.29 is 4.79 Å². The van der Waals surface area contributed by atoms with Crippen LogP contribution in [0.15, 0.2) is 18.5 Å². The lowest BCUT2D eigenvalue weighted by atomic mass is 10.5. The number of amides is 1. The Morgan fingerprint density at radius 2 is 2.22 bits per heavy atom. The Labute approximate surface area is 112 Å². The molecule has 0 aromatic carbocycles. The van der Waals surface area contributed by atoms with Gasteiger partial charge in [-0.3, -0.25) is 9.48 Å². The molecule has 0 saturated heterocycles. The maximum Gasteiger partial charge on any atom is 0.247 e. The van der Waals surface area contributed by atoms with Crippen LogP contribution in [0.3, 0.4) is 0 Å². The summed E-state index contributed by atoms with van der Waals surface area (Å²) in [7, 11) is 0. The lowest BCUT2D eigenvalue weighted by Crippen LogP contribution is -2.19. The lowest BCUT2D eigenvalue weighted by molar-refractivity contribution is -0.116. The topological polar surface area (TPSA) is 98.7 Å². The molecule has 0 aliphatic rings. The molecule has 0 spiro atoms. The van der Waals surface area contributed by atoms with Gasteiger partial charge in [0.25, 0.3) is 0 Å². The van der Waals surface area contributed by atoms with Gasteiger partial charge >= 0.3 is 0 Å². The molecule has 9 heteroatoms. The van der Waals surface area contributed by atoms with Crippen molar-refractivity contribution in [3.8, 4) is 0 Å². The van der Waals surface area contributed by atoms with Gasteiger partial charge in [-0.1, -0.05) is 11.6 Å². The number of carbonyl (C=O) groups excluding carboxylic acids is 1. The molecule has 94 valence electrons. The van der Waals surface area contributed by atoms with Gasteiger partial charge in [-0.05, 0) is 11.6 Å². The number of rotatable bonds is 3. The van der Waals surface area contributed by atoms with E-state index in [0.29, 0.717) is 5.69 Å². The van der Waals surface area contributed by atoms with Crippen LogP contribution in [0.25, 0.3) is 0 Å². The van der Waals surface area contributed by atoms with Crippen LogP contribution < -0.4 is 11.1 Å². The molecule has 18 heavy (non-hydrogen) atoms. The first-order valence-electron chi connectivity index (χ1n) is 4.81. The first-order chi connectivity index (χ1) is 8.52. The fraction of sp³-hybridized carbons (Fsp3) is 0.111. The summed E-state index contributed by atoms with van der Waals surface area (Å²) < 4.78 is 1.40. The third-order valence-electron chi connectivity index (χ3n) is 1.89. The Balaban J connectivity index is 2.02. The second kappa shape index (κ2) is 5.19. The number of nitrogens with two attached hydrogens (primary N) is 1. The zero-order chi connectivity index (χ0) is 13.1. The number of nitrogens with one attached hydrogen (secondary N) is 1. The summed E-state index contributed by atoms with van der Waals surface area (Å²) in [5, 5.41) is 6.51. The molecule has 0 radical (unpaired) electrons. The Bertz CT molecular complexity index is 564. The van der Waals surface area contributed by atoms with Crippen molar-refractivity contribution in [1.82, 2.24) is 19.7 Å². The van der Waals surface area contributed by atoms with E-state index < -0.39 is 0 Å². The van der Waals surface area contributed by atoms with E-state index in [9.17, 15) is 4.79 Å². The number of nitrogens with zero attached hydrogens (tertiary/aromatic N) is 4. The highest BCUT2D eigenvalue weighted by molar-refractivity contribution is 6.32. The highest BCUT2D eigenvalue weighted by atomic mass is 35.5. The molecule has 2 aromatic heterocycles. The molecule has 7 nitrogen and oxygen atoms in total. The predicted octanol–water partition coefficient (Wildman–Crippen LogP) is 1.20. The molecule has 2 aromatic rings. The van der Waals surface area contributed by atoms with Crippen molar-refractivity contribution in [3.05, 3.63) is 28.9 Å². The Hall–Kier alpha value is -1.86. The average Bonchev–Trinajstić information content (AvgIpc) is 2.61. The molecule has 0 atom stereocenters. The quantitative estimate of drug-likeness (QED) is 0.652. The van der Waals surface area contributed by atoms with Crippen LogP contribution in [-0.4, -0.2) is 25.7 Å². The molecular formula is C9H8Cl2N6O. The SMILES string of the molecule is Nc1cnn(CC(=O)Nc2cc(Cl)nc(Cl)n2)c1. The van der Waals surface area contributed by atoms with E-state index in [1.807, 2.05) is 0 Å². The molecule has 0 aliphatic heterocycles.